The number of nitrogens with zero attached hydrogens (tertiary/aromatic N) is 2. The van der Waals surface area contributed by atoms with E-state index in [1.807, 2.05) is 0 Å². The number of halogens is 2. The van der Waals surface area contributed by atoms with Crippen molar-refractivity contribution in [2.45, 2.75) is 22.5 Å². The molecule has 0 radical (unpaired) electrons. The maximum Gasteiger partial charge on any atom is 0.338 e. The van der Waals surface area contributed by atoms with Gasteiger partial charge in [0.1, 0.15) is 0 Å². The van der Waals surface area contributed by atoms with Crippen molar-refractivity contribution < 1.29 is 28.8 Å². The molecule has 1 heterocycles. The largest absolute Gasteiger partial charge is 0.454 e. The Morgan fingerprint density at radius 1 is 0.971 bits per heavy atom. The number of fused-ring (bicyclic) bond motifs is 1. The van der Waals surface area contributed by atoms with Crippen molar-refractivity contribution in [1.82, 2.24) is 0 Å². The molecule has 9 nitrogen and oxygen atoms in total. The highest BCUT2D eigenvalue weighted by Crippen LogP contribution is 2.44. The number of hydrogen-bond donors (Lipinski definition) is 0. The number of Topliss-reactive ketones (excluding diaryl/α,β-unsaturated/α-hetero) is 1. The highest BCUT2D eigenvalue weighted by Gasteiger charge is 2.52. The molecule has 1 saturated carbocycles. The fourth-order valence-electron chi connectivity index (χ4n) is 4.19. The Morgan fingerprint density at radius 2 is 1.56 bits per heavy atom. The third kappa shape index (κ3) is 4.67. The van der Waals surface area contributed by atoms with E-state index in [-0.39, 0.29) is 50.1 Å². The Labute approximate surface area is 210 Å². The summed E-state index contributed by atoms with van der Waals surface area (Å²) in [5.41, 5.74) is 0.317. The average Bonchev–Trinajstić information content (AvgIpc) is 3.06. The molecule has 176 valence electrons. The normalized spacial score (nSPS) is 24.0. The molecule has 4 rings (SSSR count). The molecule has 0 N–H and O–H groups in total. The van der Waals surface area contributed by atoms with E-state index in [4.69, 9.17) is 4.74 Å². The number of ether oxygens (including phenoxy) is 1. The van der Waals surface area contributed by atoms with E-state index in [2.05, 4.69) is 31.9 Å². The maximum absolute atomic E-state index is 12.9. The number of esters is 1. The zero-order chi connectivity index (χ0) is 24.6. The SMILES string of the molecule is O=C(COC(=O)c1ccc(N2C(=O)[C@H]3C[C@@H](Br)[C@@H](Br)C[C@@H]3C2=O)cc1)c1cccc([N+](=O)[O-])c1. The summed E-state index contributed by atoms with van der Waals surface area (Å²) in [6.45, 7) is -0.588. The molecule has 0 unspecified atom stereocenters. The van der Waals surface area contributed by atoms with Crippen molar-refractivity contribution in [2.75, 3.05) is 11.5 Å². The van der Waals surface area contributed by atoms with Crippen molar-refractivity contribution in [3.05, 3.63) is 69.8 Å². The first-order valence-electron chi connectivity index (χ1n) is 10.4. The minimum atomic E-state index is -0.776. The molecule has 34 heavy (non-hydrogen) atoms. The number of non-ortho nitro benzene ring substituents is 1. The molecule has 2 aliphatic rings. The summed E-state index contributed by atoms with van der Waals surface area (Å²) in [6, 6.07) is 11.0. The molecule has 1 aliphatic carbocycles. The Morgan fingerprint density at radius 3 is 2.12 bits per heavy atom. The van der Waals surface area contributed by atoms with Gasteiger partial charge in [0, 0.05) is 27.4 Å². The Hall–Kier alpha value is -2.92. The van der Waals surface area contributed by atoms with Gasteiger partial charge in [-0.1, -0.05) is 44.0 Å². The number of amides is 2. The molecule has 2 aromatic rings. The molecular weight excluding hydrogens is 576 g/mol. The van der Waals surface area contributed by atoms with Gasteiger partial charge in [0.05, 0.1) is 28.0 Å². The number of nitro groups is 1. The van der Waals surface area contributed by atoms with Crippen LogP contribution < -0.4 is 4.90 Å². The van der Waals surface area contributed by atoms with Crippen LogP contribution in [0.5, 0.6) is 0 Å². The van der Waals surface area contributed by atoms with Crippen molar-refractivity contribution in [3.63, 3.8) is 0 Å². The van der Waals surface area contributed by atoms with E-state index in [9.17, 15) is 29.3 Å². The van der Waals surface area contributed by atoms with Crippen molar-refractivity contribution >= 4 is 66.8 Å². The second kappa shape index (κ2) is 9.75. The summed E-state index contributed by atoms with van der Waals surface area (Å²) < 4.78 is 5.04. The molecule has 0 spiro atoms. The number of anilines is 1. The number of imide groups is 1. The number of benzene rings is 2. The lowest BCUT2D eigenvalue weighted by Gasteiger charge is -2.29. The molecule has 4 atom stereocenters. The highest BCUT2D eigenvalue weighted by molar-refractivity contribution is 9.12. The third-order valence-corrected chi connectivity index (χ3v) is 8.72. The molecule has 0 aromatic heterocycles. The van der Waals surface area contributed by atoms with Gasteiger partial charge in [-0.3, -0.25) is 29.4 Å². The number of rotatable bonds is 6. The minimum Gasteiger partial charge on any atom is -0.454 e. The summed E-state index contributed by atoms with van der Waals surface area (Å²) >= 11 is 7.11. The Balaban J connectivity index is 1.41. The summed E-state index contributed by atoms with van der Waals surface area (Å²) in [7, 11) is 0. The van der Waals surface area contributed by atoms with Gasteiger partial charge >= 0.3 is 5.97 Å². The molecular formula is C23H18Br2N2O7. The van der Waals surface area contributed by atoms with Gasteiger partial charge in [0.2, 0.25) is 17.6 Å². The molecule has 2 aromatic carbocycles. The number of carbonyl (C=O) groups is 4. The zero-order valence-electron chi connectivity index (χ0n) is 17.6. The molecule has 11 heteroatoms. The van der Waals surface area contributed by atoms with Crippen LogP contribution in [0, 0.1) is 22.0 Å². The minimum absolute atomic E-state index is 0.0568. The molecule has 2 amide bonds. The molecule has 1 aliphatic heterocycles. The first kappa shape index (κ1) is 24.2. The van der Waals surface area contributed by atoms with Crippen LogP contribution in [0.25, 0.3) is 0 Å². The lowest BCUT2D eigenvalue weighted by Crippen LogP contribution is -2.34. The second-order valence-corrected chi connectivity index (χ2v) is 10.4. The summed E-state index contributed by atoms with van der Waals surface area (Å²) in [4.78, 5) is 62.0. The predicted octanol–water partition coefficient (Wildman–Crippen LogP) is 4.06. The Kier molecular flexibility index (Phi) is 6.94. The van der Waals surface area contributed by atoms with Crippen LogP contribution >= 0.6 is 31.9 Å². The lowest BCUT2D eigenvalue weighted by molar-refractivity contribution is -0.384. The summed E-state index contributed by atoms with van der Waals surface area (Å²) in [5, 5.41) is 10.9. The quantitative estimate of drug-likeness (QED) is 0.123. The number of carbonyl (C=O) groups excluding carboxylic acids is 4. The van der Waals surface area contributed by atoms with Gasteiger partial charge in [0.15, 0.2) is 6.61 Å². The average molecular weight is 594 g/mol. The zero-order valence-corrected chi connectivity index (χ0v) is 20.7. The van der Waals surface area contributed by atoms with E-state index in [0.29, 0.717) is 18.5 Å². The fourth-order valence-corrected chi connectivity index (χ4v) is 5.42. The smallest absolute Gasteiger partial charge is 0.338 e. The van der Waals surface area contributed by atoms with Crippen LogP contribution in [0.4, 0.5) is 11.4 Å². The van der Waals surface area contributed by atoms with Crippen LogP contribution in [0.15, 0.2) is 48.5 Å². The Bertz CT molecular complexity index is 1160. The van der Waals surface area contributed by atoms with Crippen LogP contribution in [0.2, 0.25) is 0 Å². The van der Waals surface area contributed by atoms with Gasteiger partial charge in [-0.05, 0) is 37.1 Å². The standard InChI is InChI=1S/C23H18Br2N2O7/c24-18-9-16-17(10-19(18)25)22(30)26(21(16)29)14-6-4-12(5-7-14)23(31)34-11-20(28)13-2-1-3-15(8-13)27(32)33/h1-8,16-19H,9-11H2/t16-,17-,18-,19+/m0/s1. The van der Waals surface area contributed by atoms with Crippen molar-refractivity contribution in [1.29, 1.82) is 0 Å². The van der Waals surface area contributed by atoms with Crippen molar-refractivity contribution in [2.24, 2.45) is 11.8 Å². The van der Waals surface area contributed by atoms with Gasteiger partial charge < -0.3 is 4.74 Å². The monoisotopic (exact) mass is 592 g/mol. The highest BCUT2D eigenvalue weighted by atomic mass is 79.9. The fraction of sp³-hybridized carbons (Fsp3) is 0.304. The van der Waals surface area contributed by atoms with E-state index in [1.54, 1.807) is 0 Å². The van der Waals surface area contributed by atoms with Crippen LogP contribution in [0.3, 0.4) is 0 Å². The van der Waals surface area contributed by atoms with Crippen LogP contribution in [-0.4, -0.2) is 44.8 Å². The number of ketones is 1. The molecule has 1 saturated heterocycles. The van der Waals surface area contributed by atoms with Crippen LogP contribution in [0.1, 0.15) is 33.6 Å². The topological polar surface area (TPSA) is 124 Å². The van der Waals surface area contributed by atoms with Gasteiger partial charge in [-0.2, -0.15) is 0 Å². The van der Waals surface area contributed by atoms with Gasteiger partial charge in [-0.25, -0.2) is 4.79 Å². The van der Waals surface area contributed by atoms with Crippen molar-refractivity contribution in [3.8, 4) is 0 Å². The molecule has 2 fully saturated rings. The second-order valence-electron chi connectivity index (χ2n) is 8.08. The van der Waals surface area contributed by atoms with E-state index >= 15 is 0 Å². The summed E-state index contributed by atoms with van der Waals surface area (Å²) in [6.07, 6.45) is 1.12. The van der Waals surface area contributed by atoms with E-state index in [1.165, 1.54) is 47.4 Å². The first-order chi connectivity index (χ1) is 16.2. The first-order valence-corrected chi connectivity index (χ1v) is 12.2. The van der Waals surface area contributed by atoms with Crippen LogP contribution in [-0.2, 0) is 14.3 Å². The van der Waals surface area contributed by atoms with E-state index in [0.717, 1.165) is 6.07 Å². The molecule has 0 bridgehead atoms. The summed E-state index contributed by atoms with van der Waals surface area (Å²) in [5.74, 6) is -2.62. The van der Waals surface area contributed by atoms with Gasteiger partial charge in [-0.15, -0.1) is 0 Å². The third-order valence-electron chi connectivity index (χ3n) is 5.99. The van der Waals surface area contributed by atoms with E-state index < -0.39 is 23.3 Å². The number of nitro benzene ring substituents is 1. The maximum atomic E-state index is 12.9. The lowest BCUT2D eigenvalue weighted by atomic mass is 9.81. The number of alkyl halides is 2. The predicted molar refractivity (Wildman–Crippen MR) is 128 cm³/mol. The van der Waals surface area contributed by atoms with Gasteiger partial charge in [0.25, 0.3) is 5.69 Å². The number of hydrogen-bond acceptors (Lipinski definition) is 7.